The lowest BCUT2D eigenvalue weighted by Gasteiger charge is -2.12. The number of hydrogen-bond acceptors (Lipinski definition) is 3. The smallest absolute Gasteiger partial charge is 0.330 e. The largest absolute Gasteiger partial charge is 0.466 e. The lowest BCUT2D eigenvalue weighted by atomic mass is 10.1. The molecule has 0 bridgehead atoms. The van der Waals surface area contributed by atoms with Gasteiger partial charge in [-0.15, -0.1) is 0 Å². The van der Waals surface area contributed by atoms with Gasteiger partial charge in [0.1, 0.15) is 5.82 Å². The van der Waals surface area contributed by atoms with E-state index in [9.17, 15) is 4.79 Å². The summed E-state index contributed by atoms with van der Waals surface area (Å²) in [6.45, 7) is 1.86. The Morgan fingerprint density at radius 1 is 1.29 bits per heavy atom. The Labute approximate surface area is 152 Å². The number of aromatic nitrogens is 2. The van der Waals surface area contributed by atoms with Crippen molar-refractivity contribution < 1.29 is 9.53 Å². The fraction of sp³-hybridized carbons (Fsp3) is 0.111. The van der Waals surface area contributed by atoms with Crippen LogP contribution in [0.15, 0.2) is 46.9 Å². The van der Waals surface area contributed by atoms with Gasteiger partial charge in [-0.25, -0.2) is 9.78 Å². The Bertz CT molecular complexity index is 963. The van der Waals surface area contributed by atoms with Crippen LogP contribution in [0.4, 0.5) is 0 Å². The summed E-state index contributed by atoms with van der Waals surface area (Å²) in [6, 6.07) is 12.1. The fourth-order valence-corrected chi connectivity index (χ4v) is 3.51. The molecule has 122 valence electrons. The fourth-order valence-electron chi connectivity index (χ4n) is 2.57. The number of esters is 1. The first-order valence-electron chi connectivity index (χ1n) is 7.21. The third-order valence-corrected chi connectivity index (χ3v) is 4.81. The first-order valence-corrected chi connectivity index (χ1v) is 8.38. The molecule has 24 heavy (non-hydrogen) atoms. The first kappa shape index (κ1) is 16.7. The van der Waals surface area contributed by atoms with Crippen LogP contribution in [0, 0.1) is 6.92 Å². The topological polar surface area (TPSA) is 44.1 Å². The van der Waals surface area contributed by atoms with Crippen molar-refractivity contribution in [3.8, 4) is 5.69 Å². The van der Waals surface area contributed by atoms with Crippen LogP contribution in [0.2, 0.25) is 5.15 Å². The highest BCUT2D eigenvalue weighted by atomic mass is 79.9. The maximum Gasteiger partial charge on any atom is 0.330 e. The van der Waals surface area contributed by atoms with E-state index in [2.05, 4.69) is 31.7 Å². The molecule has 0 saturated heterocycles. The number of ether oxygens (including phenoxy) is 1. The van der Waals surface area contributed by atoms with E-state index in [-0.39, 0.29) is 0 Å². The van der Waals surface area contributed by atoms with Gasteiger partial charge in [-0.05, 0) is 45.8 Å². The van der Waals surface area contributed by atoms with Crippen molar-refractivity contribution in [3.05, 3.63) is 63.6 Å². The van der Waals surface area contributed by atoms with E-state index in [1.807, 2.05) is 41.8 Å². The van der Waals surface area contributed by atoms with Gasteiger partial charge in [-0.1, -0.05) is 41.9 Å². The molecule has 0 atom stereocenters. The third kappa shape index (κ3) is 2.97. The highest BCUT2D eigenvalue weighted by molar-refractivity contribution is 9.10. The highest BCUT2D eigenvalue weighted by Crippen LogP contribution is 2.33. The van der Waals surface area contributed by atoms with Crippen molar-refractivity contribution in [2.24, 2.45) is 0 Å². The van der Waals surface area contributed by atoms with Crippen molar-refractivity contribution in [2.45, 2.75) is 6.92 Å². The number of halogens is 2. The minimum Gasteiger partial charge on any atom is -0.466 e. The number of hydrogen-bond donors (Lipinski definition) is 0. The molecule has 3 aromatic rings. The van der Waals surface area contributed by atoms with E-state index in [0.29, 0.717) is 10.8 Å². The Balaban J connectivity index is 2.21. The monoisotopic (exact) mass is 404 g/mol. The van der Waals surface area contributed by atoms with Crippen LogP contribution in [0.3, 0.4) is 0 Å². The molecule has 0 saturated carbocycles. The molecule has 0 aliphatic carbocycles. The summed E-state index contributed by atoms with van der Waals surface area (Å²) in [7, 11) is 1.33. The molecule has 0 unspecified atom stereocenters. The van der Waals surface area contributed by atoms with Crippen molar-refractivity contribution in [2.75, 3.05) is 7.11 Å². The minimum atomic E-state index is -0.450. The number of imidazole rings is 1. The normalized spacial score (nSPS) is 11.3. The number of methoxy groups -OCH3 is 1. The number of carbonyl (C=O) groups is 1. The lowest BCUT2D eigenvalue weighted by Crippen LogP contribution is -2.02. The summed E-state index contributed by atoms with van der Waals surface area (Å²) < 4.78 is 7.47. The third-order valence-electron chi connectivity index (χ3n) is 3.70. The summed E-state index contributed by atoms with van der Waals surface area (Å²) in [5.74, 6) is 0.273. The van der Waals surface area contributed by atoms with Crippen LogP contribution in [-0.4, -0.2) is 22.6 Å². The second-order valence-electron chi connectivity index (χ2n) is 5.15. The maximum atomic E-state index is 11.4. The molecule has 0 amide bonds. The van der Waals surface area contributed by atoms with Crippen molar-refractivity contribution >= 4 is 50.3 Å². The zero-order chi connectivity index (χ0) is 17.3. The molecule has 0 aliphatic rings. The van der Waals surface area contributed by atoms with Gasteiger partial charge in [0.05, 0.1) is 18.5 Å². The van der Waals surface area contributed by atoms with Crippen molar-refractivity contribution in [1.29, 1.82) is 0 Å². The average molecular weight is 406 g/mol. The summed E-state index contributed by atoms with van der Waals surface area (Å²) in [6.07, 6.45) is 2.93. The predicted molar refractivity (Wildman–Crippen MR) is 99.6 cm³/mol. The average Bonchev–Trinajstić information content (AvgIpc) is 2.87. The molecule has 4 nitrogen and oxygen atoms in total. The molecule has 0 N–H and O–H groups in total. The molecular weight excluding hydrogens is 392 g/mol. The van der Waals surface area contributed by atoms with E-state index < -0.39 is 5.97 Å². The van der Waals surface area contributed by atoms with Crippen LogP contribution in [0.1, 0.15) is 11.5 Å². The summed E-state index contributed by atoms with van der Waals surface area (Å²) in [5, 5.41) is 2.54. The van der Waals surface area contributed by atoms with Gasteiger partial charge in [0.25, 0.3) is 0 Å². The van der Waals surface area contributed by atoms with E-state index in [1.165, 1.54) is 13.2 Å². The Morgan fingerprint density at radius 3 is 2.79 bits per heavy atom. The SMILES string of the molecule is COC(=O)/C=C/c1c(Cl)nc(C)n1-c1ccc2ccccc2c1Br. The first-order chi connectivity index (χ1) is 11.5. The number of carbonyl (C=O) groups excluding carboxylic acids is 1. The molecular formula is C18H14BrClN2O2. The van der Waals surface area contributed by atoms with Gasteiger partial charge >= 0.3 is 5.97 Å². The van der Waals surface area contributed by atoms with Gasteiger partial charge in [0.2, 0.25) is 0 Å². The molecule has 0 aliphatic heterocycles. The van der Waals surface area contributed by atoms with E-state index >= 15 is 0 Å². The lowest BCUT2D eigenvalue weighted by molar-refractivity contribution is -0.134. The number of aryl methyl sites for hydroxylation is 1. The number of fused-ring (bicyclic) bond motifs is 1. The Morgan fingerprint density at radius 2 is 2.04 bits per heavy atom. The minimum absolute atomic E-state index is 0.327. The second-order valence-corrected chi connectivity index (χ2v) is 6.30. The van der Waals surface area contributed by atoms with E-state index in [0.717, 1.165) is 26.8 Å². The van der Waals surface area contributed by atoms with Crippen molar-refractivity contribution in [3.63, 3.8) is 0 Å². The zero-order valence-corrected chi connectivity index (χ0v) is 15.4. The molecule has 0 radical (unpaired) electrons. The van der Waals surface area contributed by atoms with Gasteiger partial charge in [-0.3, -0.25) is 4.57 Å². The Kier molecular flexibility index (Phi) is 4.73. The summed E-state index contributed by atoms with van der Waals surface area (Å²) in [4.78, 5) is 15.7. The maximum absolute atomic E-state index is 11.4. The van der Waals surface area contributed by atoms with Gasteiger partial charge in [-0.2, -0.15) is 0 Å². The standard InChI is InChI=1S/C18H14BrClN2O2/c1-11-21-18(20)15(9-10-16(23)24-2)22(11)14-8-7-12-5-3-4-6-13(12)17(14)19/h3-10H,1-2H3/b10-9+. The molecule has 6 heteroatoms. The van der Waals surface area contributed by atoms with Gasteiger partial charge in [0.15, 0.2) is 5.15 Å². The van der Waals surface area contributed by atoms with E-state index in [1.54, 1.807) is 6.08 Å². The molecule has 1 heterocycles. The number of nitrogens with zero attached hydrogens (tertiary/aromatic N) is 2. The van der Waals surface area contributed by atoms with Gasteiger partial charge in [0, 0.05) is 10.5 Å². The molecule has 0 fully saturated rings. The van der Waals surface area contributed by atoms with Crippen LogP contribution < -0.4 is 0 Å². The zero-order valence-electron chi connectivity index (χ0n) is 13.1. The van der Waals surface area contributed by atoms with Crippen LogP contribution in [0.5, 0.6) is 0 Å². The summed E-state index contributed by atoms with van der Waals surface area (Å²) in [5.41, 5.74) is 1.52. The second kappa shape index (κ2) is 6.79. The van der Waals surface area contributed by atoms with E-state index in [4.69, 9.17) is 11.6 Å². The Hall–Kier alpha value is -2.11. The number of rotatable bonds is 3. The quantitative estimate of drug-likeness (QED) is 0.458. The predicted octanol–water partition coefficient (Wildman–Crippen LogP) is 4.94. The molecule has 3 rings (SSSR count). The highest BCUT2D eigenvalue weighted by Gasteiger charge is 2.16. The molecule has 2 aromatic carbocycles. The van der Waals surface area contributed by atoms with Crippen LogP contribution in [0.25, 0.3) is 22.5 Å². The van der Waals surface area contributed by atoms with Crippen LogP contribution >= 0.6 is 27.5 Å². The molecule has 1 aromatic heterocycles. The summed E-state index contributed by atoms with van der Waals surface area (Å²) >= 11 is 9.93. The van der Waals surface area contributed by atoms with Crippen LogP contribution in [-0.2, 0) is 9.53 Å². The van der Waals surface area contributed by atoms with Crippen molar-refractivity contribution in [1.82, 2.24) is 9.55 Å². The number of benzene rings is 2. The molecule has 0 spiro atoms. The van der Waals surface area contributed by atoms with Gasteiger partial charge < -0.3 is 4.74 Å².